The summed E-state index contributed by atoms with van der Waals surface area (Å²) in [6, 6.07) is 19.0. The minimum Gasteiger partial charge on any atom is -0.439 e. The summed E-state index contributed by atoms with van der Waals surface area (Å²) in [7, 11) is 0. The molecule has 1 atom stereocenters. The number of esters is 1. The molecule has 2 aromatic carbocycles. The van der Waals surface area contributed by atoms with Gasteiger partial charge in [0.1, 0.15) is 27.9 Å². The van der Waals surface area contributed by atoms with E-state index < -0.39 is 17.5 Å². The zero-order chi connectivity index (χ0) is 22.2. The summed E-state index contributed by atoms with van der Waals surface area (Å²) in [5.41, 5.74) is 6.56. The maximum Gasteiger partial charge on any atom is 0.353 e. The molecule has 0 fully saturated rings. The molecule has 4 aromatic rings. The number of carbonyl (C=O) groups is 1. The van der Waals surface area contributed by atoms with Gasteiger partial charge in [-0.3, -0.25) is 0 Å². The van der Waals surface area contributed by atoms with Crippen LogP contribution in [-0.2, 0) is 0 Å². The Morgan fingerprint density at radius 2 is 1.97 bits per heavy atom. The number of benzene rings is 2. The van der Waals surface area contributed by atoms with E-state index in [2.05, 4.69) is 0 Å². The number of nitrogens with two attached hydrogens (primary N) is 1. The van der Waals surface area contributed by atoms with Crippen LogP contribution in [0.15, 0.2) is 86.7 Å². The number of ether oxygens (including phenoxy) is 2. The van der Waals surface area contributed by atoms with Gasteiger partial charge in [-0.2, -0.15) is 5.26 Å². The molecule has 156 valence electrons. The number of para-hydroxylation sites is 1. The van der Waals surface area contributed by atoms with Gasteiger partial charge in [-0.1, -0.05) is 30.3 Å². The first-order chi connectivity index (χ1) is 15.6. The number of rotatable bonds is 3. The second-order valence-corrected chi connectivity index (χ2v) is 7.94. The maximum atomic E-state index is 12.9. The summed E-state index contributed by atoms with van der Waals surface area (Å²) in [5.74, 6) is -0.911. The van der Waals surface area contributed by atoms with Crippen LogP contribution in [0.2, 0.25) is 0 Å². The Balaban J connectivity index is 1.65. The lowest BCUT2D eigenvalue weighted by Gasteiger charge is -2.26. The molecule has 32 heavy (non-hydrogen) atoms. The van der Waals surface area contributed by atoms with Crippen LogP contribution >= 0.6 is 11.3 Å². The van der Waals surface area contributed by atoms with Crippen molar-refractivity contribution in [2.75, 3.05) is 0 Å². The monoisotopic (exact) mass is 442 g/mol. The van der Waals surface area contributed by atoms with E-state index in [0.29, 0.717) is 21.4 Å². The van der Waals surface area contributed by atoms with Crippen molar-refractivity contribution in [3.05, 3.63) is 104 Å². The highest BCUT2D eigenvalue weighted by atomic mass is 32.1. The van der Waals surface area contributed by atoms with Gasteiger partial charge in [-0.15, -0.1) is 11.3 Å². The average Bonchev–Trinajstić information content (AvgIpc) is 3.34. The molecule has 8 heteroatoms. The molecule has 7 nitrogen and oxygen atoms in total. The third-order valence-electron chi connectivity index (χ3n) is 5.10. The Morgan fingerprint density at radius 1 is 1.12 bits per heavy atom. The standard InChI is InChI=1S/C24H14N2O5S/c25-12-16-19(13-5-3-6-14(11-13)29-23(27)18-9-4-10-32-18)20-21(31-22(16)26)15-7-1-2-8-17(15)30-24(20)28/h1-11,19H,26H2. The lowest BCUT2D eigenvalue weighted by Crippen LogP contribution is -2.26. The average molecular weight is 442 g/mol. The Morgan fingerprint density at radius 3 is 2.75 bits per heavy atom. The van der Waals surface area contributed by atoms with E-state index in [9.17, 15) is 14.9 Å². The molecule has 2 aromatic heterocycles. The summed E-state index contributed by atoms with van der Waals surface area (Å²) in [6.45, 7) is 0. The van der Waals surface area contributed by atoms with Crippen LogP contribution in [0.4, 0.5) is 0 Å². The quantitative estimate of drug-likeness (QED) is 0.286. The van der Waals surface area contributed by atoms with Gasteiger partial charge in [-0.25, -0.2) is 9.59 Å². The molecule has 0 bridgehead atoms. The van der Waals surface area contributed by atoms with E-state index in [0.717, 1.165) is 0 Å². The molecule has 5 rings (SSSR count). The van der Waals surface area contributed by atoms with Crippen molar-refractivity contribution in [3.8, 4) is 17.6 Å². The van der Waals surface area contributed by atoms with E-state index in [1.807, 2.05) is 6.07 Å². The highest BCUT2D eigenvalue weighted by molar-refractivity contribution is 7.12. The molecule has 0 amide bonds. The van der Waals surface area contributed by atoms with Crippen LogP contribution in [0.25, 0.3) is 11.0 Å². The Hall–Kier alpha value is -4.35. The summed E-state index contributed by atoms with van der Waals surface area (Å²) in [6.07, 6.45) is 0. The maximum absolute atomic E-state index is 12.9. The van der Waals surface area contributed by atoms with Crippen LogP contribution in [0.3, 0.4) is 0 Å². The van der Waals surface area contributed by atoms with Crippen molar-refractivity contribution >= 4 is 28.3 Å². The van der Waals surface area contributed by atoms with Gasteiger partial charge in [-0.05, 0) is 41.3 Å². The summed E-state index contributed by atoms with van der Waals surface area (Å²) >= 11 is 1.27. The van der Waals surface area contributed by atoms with Gasteiger partial charge >= 0.3 is 11.6 Å². The van der Waals surface area contributed by atoms with Gasteiger partial charge in [0, 0.05) is 0 Å². The summed E-state index contributed by atoms with van der Waals surface area (Å²) in [4.78, 5) is 25.8. The molecule has 2 N–H and O–H groups in total. The Bertz CT molecular complexity index is 1500. The van der Waals surface area contributed by atoms with Crippen molar-refractivity contribution in [3.63, 3.8) is 0 Å². The van der Waals surface area contributed by atoms with E-state index in [1.54, 1.807) is 66.0 Å². The molecule has 0 aliphatic carbocycles. The van der Waals surface area contributed by atoms with Crippen LogP contribution < -0.4 is 20.8 Å². The Kier molecular flexibility index (Phi) is 4.73. The lowest BCUT2D eigenvalue weighted by atomic mass is 9.84. The third-order valence-corrected chi connectivity index (χ3v) is 5.95. The number of hydrogen-bond acceptors (Lipinski definition) is 8. The number of hydrogen-bond donors (Lipinski definition) is 1. The van der Waals surface area contributed by atoms with Gasteiger partial charge in [0.25, 0.3) is 0 Å². The molecular formula is C24H14N2O5S. The van der Waals surface area contributed by atoms with Crippen LogP contribution in [0.5, 0.6) is 11.5 Å². The minimum absolute atomic E-state index is 0.0711. The number of allylic oxidation sites excluding steroid dienone is 1. The topological polar surface area (TPSA) is 116 Å². The highest BCUT2D eigenvalue weighted by Gasteiger charge is 2.35. The van der Waals surface area contributed by atoms with Gasteiger partial charge < -0.3 is 19.6 Å². The lowest BCUT2D eigenvalue weighted by molar-refractivity contribution is 0.0739. The molecule has 0 radical (unpaired) electrons. The predicted octanol–water partition coefficient (Wildman–Crippen LogP) is 4.29. The van der Waals surface area contributed by atoms with E-state index in [1.165, 1.54) is 11.3 Å². The van der Waals surface area contributed by atoms with Gasteiger partial charge in [0.2, 0.25) is 5.88 Å². The molecule has 1 unspecified atom stereocenters. The second kappa shape index (κ2) is 7.72. The molecule has 0 spiro atoms. The summed E-state index contributed by atoms with van der Waals surface area (Å²) < 4.78 is 16.7. The fourth-order valence-corrected chi connectivity index (χ4v) is 4.31. The zero-order valence-corrected chi connectivity index (χ0v) is 17.2. The predicted molar refractivity (Wildman–Crippen MR) is 118 cm³/mol. The molecule has 1 aliphatic rings. The molecule has 0 saturated heterocycles. The number of nitrogens with zero attached hydrogens (tertiary/aromatic N) is 1. The zero-order valence-electron chi connectivity index (χ0n) is 16.4. The third kappa shape index (κ3) is 3.21. The molecule has 1 aliphatic heterocycles. The van der Waals surface area contributed by atoms with Crippen LogP contribution in [0.1, 0.15) is 26.7 Å². The van der Waals surface area contributed by atoms with Crippen LogP contribution in [-0.4, -0.2) is 5.97 Å². The molecule has 0 saturated carbocycles. The minimum atomic E-state index is -0.843. The van der Waals surface area contributed by atoms with E-state index in [-0.39, 0.29) is 28.5 Å². The number of nitriles is 1. The van der Waals surface area contributed by atoms with Crippen molar-refractivity contribution in [1.82, 2.24) is 0 Å². The number of fused-ring (bicyclic) bond motifs is 3. The second-order valence-electron chi connectivity index (χ2n) is 6.99. The van der Waals surface area contributed by atoms with Crippen molar-refractivity contribution < 1.29 is 18.7 Å². The fraction of sp³-hybridized carbons (Fsp3) is 0.0417. The first-order valence-corrected chi connectivity index (χ1v) is 10.4. The van der Waals surface area contributed by atoms with E-state index in [4.69, 9.17) is 19.6 Å². The molecular weight excluding hydrogens is 428 g/mol. The highest BCUT2D eigenvalue weighted by Crippen LogP contribution is 2.43. The van der Waals surface area contributed by atoms with Crippen molar-refractivity contribution in [2.45, 2.75) is 5.92 Å². The Labute approximate surface area is 185 Å². The normalized spacial score (nSPS) is 15.0. The smallest absolute Gasteiger partial charge is 0.353 e. The number of thiophene rings is 1. The fourth-order valence-electron chi connectivity index (χ4n) is 3.71. The molecule has 3 heterocycles. The van der Waals surface area contributed by atoms with Crippen molar-refractivity contribution in [2.24, 2.45) is 5.73 Å². The largest absolute Gasteiger partial charge is 0.439 e. The van der Waals surface area contributed by atoms with Gasteiger partial charge in [0.05, 0.1) is 16.9 Å². The van der Waals surface area contributed by atoms with E-state index >= 15 is 0 Å². The number of carbonyl (C=O) groups excluding carboxylic acids is 1. The summed E-state index contributed by atoms with van der Waals surface area (Å²) in [5, 5.41) is 12.1. The van der Waals surface area contributed by atoms with Crippen LogP contribution in [0, 0.1) is 11.3 Å². The van der Waals surface area contributed by atoms with Gasteiger partial charge in [0.15, 0.2) is 5.75 Å². The first kappa shape index (κ1) is 19.6. The SMILES string of the molecule is N#CC1=C(N)Oc2c(c(=O)oc3ccccc23)C1c1cccc(OC(=O)c2cccs2)c1. The van der Waals surface area contributed by atoms with Crippen molar-refractivity contribution in [1.29, 1.82) is 5.26 Å². The first-order valence-electron chi connectivity index (χ1n) is 9.56.